The topological polar surface area (TPSA) is 17.1 Å². The standard InChI is InChI=1S/C14H9ClOS2/c15-18-17-12-7-3-5-10-8-9-4-1-2-6-11(9)14(16)13(10)12/h1-7H,8H2. The van der Waals surface area contributed by atoms with Crippen LogP contribution in [-0.4, -0.2) is 5.78 Å². The predicted octanol–water partition coefficient (Wildman–Crippen LogP) is 4.72. The molecule has 0 saturated carbocycles. The molecule has 1 aliphatic rings. The van der Waals surface area contributed by atoms with Crippen LogP contribution in [0, 0.1) is 0 Å². The minimum Gasteiger partial charge on any atom is -0.289 e. The summed E-state index contributed by atoms with van der Waals surface area (Å²) in [6, 6.07) is 13.8. The van der Waals surface area contributed by atoms with Crippen LogP contribution < -0.4 is 0 Å². The van der Waals surface area contributed by atoms with Gasteiger partial charge >= 0.3 is 0 Å². The van der Waals surface area contributed by atoms with Gasteiger partial charge in [-0.1, -0.05) is 36.4 Å². The zero-order valence-corrected chi connectivity index (χ0v) is 11.7. The van der Waals surface area contributed by atoms with Crippen LogP contribution in [-0.2, 0) is 6.42 Å². The van der Waals surface area contributed by atoms with Crippen molar-refractivity contribution in [2.24, 2.45) is 0 Å². The molecular weight excluding hydrogens is 284 g/mol. The van der Waals surface area contributed by atoms with Crippen LogP contribution in [0.3, 0.4) is 0 Å². The number of halogens is 1. The molecule has 0 amide bonds. The maximum Gasteiger partial charge on any atom is 0.194 e. The lowest BCUT2D eigenvalue weighted by Gasteiger charge is -2.20. The number of hydrogen-bond donors (Lipinski definition) is 0. The quantitative estimate of drug-likeness (QED) is 0.636. The fraction of sp³-hybridized carbons (Fsp3) is 0.0714. The summed E-state index contributed by atoms with van der Waals surface area (Å²) in [4.78, 5) is 13.5. The Bertz CT molecular complexity index is 625. The zero-order chi connectivity index (χ0) is 12.5. The van der Waals surface area contributed by atoms with Gasteiger partial charge in [0.05, 0.1) is 0 Å². The molecular formula is C14H9ClOS2. The maximum absolute atomic E-state index is 12.5. The Hall–Kier alpha value is -0.900. The van der Waals surface area contributed by atoms with Crippen LogP contribution >= 0.6 is 31.5 Å². The number of carbonyl (C=O) groups excluding carboxylic acids is 1. The fourth-order valence-corrected chi connectivity index (χ4v) is 4.06. The highest BCUT2D eigenvalue weighted by Gasteiger charge is 2.25. The van der Waals surface area contributed by atoms with Crippen molar-refractivity contribution >= 4 is 37.3 Å². The molecule has 0 atom stereocenters. The van der Waals surface area contributed by atoms with E-state index in [4.69, 9.17) is 10.7 Å². The monoisotopic (exact) mass is 292 g/mol. The summed E-state index contributed by atoms with van der Waals surface area (Å²) < 4.78 is 0. The molecule has 4 heteroatoms. The van der Waals surface area contributed by atoms with Crippen molar-refractivity contribution in [1.82, 2.24) is 0 Å². The first-order chi connectivity index (χ1) is 8.81. The van der Waals surface area contributed by atoms with E-state index in [1.807, 2.05) is 42.5 Å². The van der Waals surface area contributed by atoms with Crippen molar-refractivity contribution in [3.05, 3.63) is 64.7 Å². The molecule has 0 radical (unpaired) electrons. The van der Waals surface area contributed by atoms with E-state index in [1.54, 1.807) is 0 Å². The Morgan fingerprint density at radius 1 is 1.00 bits per heavy atom. The minimum absolute atomic E-state index is 0.112. The minimum atomic E-state index is 0.112. The van der Waals surface area contributed by atoms with Gasteiger partial charge in [0.1, 0.15) is 0 Å². The Balaban J connectivity index is 2.17. The number of rotatable bonds is 2. The lowest BCUT2D eigenvalue weighted by molar-refractivity contribution is 0.103. The molecule has 0 heterocycles. The SMILES string of the molecule is O=C1c2ccccc2Cc2cccc(SSCl)c21. The van der Waals surface area contributed by atoms with Gasteiger partial charge in [-0.05, 0) is 45.1 Å². The highest BCUT2D eigenvalue weighted by atomic mass is 35.7. The highest BCUT2D eigenvalue weighted by molar-refractivity contribution is 8.85. The van der Waals surface area contributed by atoms with Crippen LogP contribution in [0.2, 0.25) is 0 Å². The third-order valence-electron chi connectivity index (χ3n) is 3.10. The molecule has 90 valence electrons. The normalized spacial score (nSPS) is 13.1. The third kappa shape index (κ3) is 1.96. The van der Waals surface area contributed by atoms with Crippen LogP contribution in [0.15, 0.2) is 47.4 Å². The van der Waals surface area contributed by atoms with Gasteiger partial charge in [0.25, 0.3) is 0 Å². The van der Waals surface area contributed by atoms with Gasteiger partial charge in [-0.25, -0.2) is 0 Å². The van der Waals surface area contributed by atoms with Crippen LogP contribution in [0.4, 0.5) is 0 Å². The van der Waals surface area contributed by atoms with Gasteiger partial charge in [0.15, 0.2) is 5.78 Å². The summed E-state index contributed by atoms with van der Waals surface area (Å²) in [5.74, 6) is 0.112. The van der Waals surface area contributed by atoms with Gasteiger partial charge < -0.3 is 0 Å². The van der Waals surface area contributed by atoms with Crippen molar-refractivity contribution in [2.75, 3.05) is 0 Å². The smallest absolute Gasteiger partial charge is 0.194 e. The van der Waals surface area contributed by atoms with E-state index >= 15 is 0 Å². The summed E-state index contributed by atoms with van der Waals surface area (Å²) in [6.45, 7) is 0. The van der Waals surface area contributed by atoms with E-state index in [1.165, 1.54) is 10.8 Å². The van der Waals surface area contributed by atoms with Crippen molar-refractivity contribution in [2.45, 2.75) is 11.3 Å². The van der Waals surface area contributed by atoms with Gasteiger partial charge in [-0.2, -0.15) is 0 Å². The van der Waals surface area contributed by atoms with Crippen molar-refractivity contribution in [3.63, 3.8) is 0 Å². The molecule has 0 N–H and O–H groups in total. The molecule has 3 rings (SSSR count). The van der Waals surface area contributed by atoms with E-state index < -0.39 is 0 Å². The second-order valence-corrected chi connectivity index (χ2v) is 6.84. The number of fused-ring (bicyclic) bond motifs is 2. The van der Waals surface area contributed by atoms with Gasteiger partial charge in [-0.3, -0.25) is 4.79 Å². The maximum atomic E-state index is 12.5. The molecule has 0 bridgehead atoms. The Morgan fingerprint density at radius 3 is 2.61 bits per heavy atom. The molecule has 0 fully saturated rings. The van der Waals surface area contributed by atoms with E-state index in [2.05, 4.69) is 0 Å². The summed E-state index contributed by atoms with van der Waals surface area (Å²) in [5.41, 5.74) is 3.83. The molecule has 1 aliphatic carbocycles. The molecule has 2 aromatic carbocycles. The van der Waals surface area contributed by atoms with Crippen LogP contribution in [0.1, 0.15) is 27.0 Å². The largest absolute Gasteiger partial charge is 0.289 e. The van der Waals surface area contributed by atoms with E-state index in [0.29, 0.717) is 0 Å². The Kier molecular flexibility index (Phi) is 3.37. The van der Waals surface area contributed by atoms with E-state index in [0.717, 1.165) is 43.6 Å². The average Bonchev–Trinajstić information content (AvgIpc) is 2.39. The van der Waals surface area contributed by atoms with Gasteiger partial charge in [0, 0.05) is 26.0 Å². The highest BCUT2D eigenvalue weighted by Crippen LogP contribution is 2.40. The molecule has 0 unspecified atom stereocenters. The summed E-state index contributed by atoms with van der Waals surface area (Å²) >= 11 is 0. The fourth-order valence-electron chi connectivity index (χ4n) is 2.32. The Labute approximate surface area is 118 Å². The molecule has 2 aromatic rings. The average molecular weight is 293 g/mol. The van der Waals surface area contributed by atoms with E-state index in [9.17, 15) is 4.79 Å². The predicted molar refractivity (Wildman–Crippen MR) is 78.4 cm³/mol. The summed E-state index contributed by atoms with van der Waals surface area (Å²) in [7, 11) is 8.27. The van der Waals surface area contributed by atoms with Crippen LogP contribution in [0.25, 0.3) is 0 Å². The molecule has 0 aliphatic heterocycles. The molecule has 0 saturated heterocycles. The molecule has 18 heavy (non-hydrogen) atoms. The first kappa shape index (κ1) is 12.2. The first-order valence-corrected chi connectivity index (χ1v) is 8.48. The van der Waals surface area contributed by atoms with Gasteiger partial charge in [-0.15, -0.1) is 0 Å². The molecule has 0 aromatic heterocycles. The molecule has 0 spiro atoms. The second kappa shape index (κ2) is 5.00. The lowest BCUT2D eigenvalue weighted by atomic mass is 9.85. The van der Waals surface area contributed by atoms with Crippen LogP contribution in [0.5, 0.6) is 0 Å². The third-order valence-corrected chi connectivity index (χ3v) is 4.98. The number of hydrogen-bond acceptors (Lipinski definition) is 3. The number of carbonyl (C=O) groups is 1. The first-order valence-electron chi connectivity index (χ1n) is 5.51. The van der Waals surface area contributed by atoms with Crippen molar-refractivity contribution in [1.29, 1.82) is 0 Å². The summed E-state index contributed by atoms with van der Waals surface area (Å²) in [5, 5.41) is 0. The van der Waals surface area contributed by atoms with Gasteiger partial charge in [0.2, 0.25) is 0 Å². The van der Waals surface area contributed by atoms with E-state index in [-0.39, 0.29) is 5.78 Å². The lowest BCUT2D eigenvalue weighted by Crippen LogP contribution is -2.15. The second-order valence-electron chi connectivity index (χ2n) is 4.10. The zero-order valence-electron chi connectivity index (χ0n) is 9.35. The number of benzene rings is 2. The van der Waals surface area contributed by atoms with Crippen molar-refractivity contribution in [3.8, 4) is 0 Å². The number of ketones is 1. The summed E-state index contributed by atoms with van der Waals surface area (Å²) in [6.07, 6.45) is 0.818. The molecule has 1 nitrogen and oxygen atoms in total. The Morgan fingerprint density at radius 2 is 1.78 bits per heavy atom. The van der Waals surface area contributed by atoms with Crippen molar-refractivity contribution < 1.29 is 4.79 Å².